The highest BCUT2D eigenvalue weighted by molar-refractivity contribution is 9.11. The number of nitrogens with two attached hydrogens (primary N) is 1. The second-order valence-corrected chi connectivity index (χ2v) is 6.29. The molecule has 1 amide bonds. The van der Waals surface area contributed by atoms with E-state index in [-0.39, 0.29) is 11.8 Å². The zero-order valence-electron chi connectivity index (χ0n) is 10.1. The van der Waals surface area contributed by atoms with Gasteiger partial charge in [0.15, 0.2) is 0 Å². The van der Waals surface area contributed by atoms with Crippen molar-refractivity contribution in [3.63, 3.8) is 0 Å². The van der Waals surface area contributed by atoms with Crippen LogP contribution in [0.2, 0.25) is 5.02 Å². The first kappa shape index (κ1) is 16.0. The molecule has 0 bridgehead atoms. The molecule has 2 atom stereocenters. The van der Waals surface area contributed by atoms with Gasteiger partial charge in [0.05, 0.1) is 11.7 Å². The molecule has 1 rings (SSSR count). The van der Waals surface area contributed by atoms with Gasteiger partial charge in [-0.2, -0.15) is 0 Å². The van der Waals surface area contributed by atoms with Crippen molar-refractivity contribution >= 4 is 55.1 Å². The van der Waals surface area contributed by atoms with Crippen LogP contribution in [0.5, 0.6) is 0 Å². The van der Waals surface area contributed by atoms with Crippen molar-refractivity contribution in [3.05, 3.63) is 26.1 Å². The van der Waals surface area contributed by atoms with E-state index in [1.165, 1.54) is 0 Å². The molecular weight excluding hydrogens is 383 g/mol. The second-order valence-electron chi connectivity index (χ2n) is 4.15. The molecule has 0 radical (unpaired) electrons. The molecule has 1 aromatic carbocycles. The number of nitrogens with one attached hydrogen (secondary N) is 1. The van der Waals surface area contributed by atoms with Crippen LogP contribution in [0.15, 0.2) is 21.1 Å². The number of hydrogen-bond acceptors (Lipinski definition) is 2. The van der Waals surface area contributed by atoms with E-state index in [0.717, 1.165) is 6.42 Å². The number of halogens is 3. The Labute approximate surface area is 129 Å². The van der Waals surface area contributed by atoms with E-state index in [2.05, 4.69) is 37.2 Å². The fourth-order valence-electron chi connectivity index (χ4n) is 1.38. The predicted octanol–water partition coefficient (Wildman–Crippen LogP) is 4.18. The minimum atomic E-state index is -0.524. The SMILES string of the molecule is CC[C@H](C)[C@H](N)C(=O)Nc1c(Br)cc(Cl)cc1Br. The zero-order valence-corrected chi connectivity index (χ0v) is 14.1. The number of carbonyl (C=O) groups excluding carboxylic acids is 1. The molecule has 0 saturated heterocycles. The van der Waals surface area contributed by atoms with Crippen molar-refractivity contribution in [1.82, 2.24) is 0 Å². The molecule has 0 fully saturated rings. The quantitative estimate of drug-likeness (QED) is 0.800. The molecule has 1 aromatic rings. The van der Waals surface area contributed by atoms with Gasteiger partial charge < -0.3 is 11.1 Å². The maximum absolute atomic E-state index is 12.0. The molecule has 0 unspecified atom stereocenters. The highest BCUT2D eigenvalue weighted by Gasteiger charge is 2.21. The van der Waals surface area contributed by atoms with Gasteiger partial charge in [-0.1, -0.05) is 31.9 Å². The van der Waals surface area contributed by atoms with Crippen LogP contribution >= 0.6 is 43.5 Å². The lowest BCUT2D eigenvalue weighted by Crippen LogP contribution is -2.40. The third-order valence-corrected chi connectivity index (χ3v) is 4.28. The zero-order chi connectivity index (χ0) is 13.9. The number of amides is 1. The Bertz CT molecular complexity index is 431. The molecule has 3 nitrogen and oxygen atoms in total. The largest absolute Gasteiger partial charge is 0.323 e. The number of benzene rings is 1. The van der Waals surface area contributed by atoms with Gasteiger partial charge in [0, 0.05) is 14.0 Å². The Kier molecular flexibility index (Phi) is 6.11. The highest BCUT2D eigenvalue weighted by atomic mass is 79.9. The third-order valence-electron chi connectivity index (χ3n) is 2.81. The van der Waals surface area contributed by atoms with Gasteiger partial charge in [0.25, 0.3) is 0 Å². The maximum atomic E-state index is 12.0. The maximum Gasteiger partial charge on any atom is 0.241 e. The lowest BCUT2D eigenvalue weighted by molar-refractivity contribution is -0.118. The van der Waals surface area contributed by atoms with Crippen LogP contribution in [0.1, 0.15) is 20.3 Å². The lowest BCUT2D eigenvalue weighted by Gasteiger charge is -2.19. The molecule has 100 valence electrons. The molecule has 3 N–H and O–H groups in total. The lowest BCUT2D eigenvalue weighted by atomic mass is 9.99. The van der Waals surface area contributed by atoms with Gasteiger partial charge in [-0.25, -0.2) is 0 Å². The Morgan fingerprint density at radius 2 is 1.94 bits per heavy atom. The summed E-state index contributed by atoms with van der Waals surface area (Å²) in [7, 11) is 0. The van der Waals surface area contributed by atoms with Crippen LogP contribution in [0, 0.1) is 5.92 Å². The molecular formula is C12H15Br2ClN2O. The predicted molar refractivity (Wildman–Crippen MR) is 82.9 cm³/mol. The van der Waals surface area contributed by atoms with Gasteiger partial charge >= 0.3 is 0 Å². The van der Waals surface area contributed by atoms with E-state index in [9.17, 15) is 4.79 Å². The minimum absolute atomic E-state index is 0.134. The Morgan fingerprint density at radius 1 is 1.44 bits per heavy atom. The summed E-state index contributed by atoms with van der Waals surface area (Å²) < 4.78 is 1.43. The number of hydrogen-bond donors (Lipinski definition) is 2. The first-order valence-electron chi connectivity index (χ1n) is 5.57. The summed E-state index contributed by atoms with van der Waals surface area (Å²) in [5, 5.41) is 3.39. The van der Waals surface area contributed by atoms with Gasteiger partial charge in [-0.15, -0.1) is 0 Å². The Morgan fingerprint density at radius 3 is 2.39 bits per heavy atom. The van der Waals surface area contributed by atoms with Crippen molar-refractivity contribution in [2.75, 3.05) is 5.32 Å². The molecule has 0 spiro atoms. The highest BCUT2D eigenvalue weighted by Crippen LogP contribution is 2.34. The summed E-state index contributed by atoms with van der Waals surface area (Å²) in [6.07, 6.45) is 0.859. The first-order chi connectivity index (χ1) is 8.36. The van der Waals surface area contributed by atoms with Crippen LogP contribution in [0.25, 0.3) is 0 Å². The Hall–Kier alpha value is -0.100. The van der Waals surface area contributed by atoms with Crippen molar-refractivity contribution in [1.29, 1.82) is 0 Å². The fourth-order valence-corrected chi connectivity index (χ4v) is 3.25. The summed E-state index contributed by atoms with van der Waals surface area (Å²) in [4.78, 5) is 12.0. The van der Waals surface area contributed by atoms with Gasteiger partial charge in [-0.3, -0.25) is 4.79 Å². The van der Waals surface area contributed by atoms with Gasteiger partial charge in [-0.05, 0) is 49.9 Å². The first-order valence-corrected chi connectivity index (χ1v) is 7.54. The fraction of sp³-hybridized carbons (Fsp3) is 0.417. The van der Waals surface area contributed by atoms with Gasteiger partial charge in [0.1, 0.15) is 0 Å². The summed E-state index contributed by atoms with van der Waals surface area (Å²) in [6.45, 7) is 3.96. The minimum Gasteiger partial charge on any atom is -0.323 e. The molecule has 18 heavy (non-hydrogen) atoms. The van der Waals surface area contributed by atoms with Gasteiger partial charge in [0.2, 0.25) is 5.91 Å². The summed E-state index contributed by atoms with van der Waals surface area (Å²) >= 11 is 12.6. The molecule has 0 heterocycles. The molecule has 0 aromatic heterocycles. The summed E-state index contributed by atoms with van der Waals surface area (Å²) in [5.41, 5.74) is 6.52. The smallest absolute Gasteiger partial charge is 0.241 e. The Balaban J connectivity index is 2.89. The van der Waals surface area contributed by atoms with Crippen molar-refractivity contribution in [2.45, 2.75) is 26.3 Å². The molecule has 0 aliphatic heterocycles. The van der Waals surface area contributed by atoms with E-state index >= 15 is 0 Å². The standard InChI is InChI=1S/C12H15Br2ClN2O/c1-3-6(2)10(16)12(18)17-11-8(13)4-7(15)5-9(11)14/h4-6,10H,3,16H2,1-2H3,(H,17,18)/t6-,10-/m0/s1. The molecule has 0 saturated carbocycles. The second kappa shape index (κ2) is 6.89. The number of anilines is 1. The van der Waals surface area contributed by atoms with Crippen LogP contribution in [0.3, 0.4) is 0 Å². The third kappa shape index (κ3) is 3.95. The number of carbonyl (C=O) groups is 1. The molecule has 0 aliphatic rings. The van der Waals surface area contributed by atoms with Crippen molar-refractivity contribution in [2.24, 2.45) is 11.7 Å². The summed E-state index contributed by atoms with van der Waals surface area (Å²) in [5.74, 6) is -0.0667. The van der Waals surface area contributed by atoms with Crippen LogP contribution in [-0.4, -0.2) is 11.9 Å². The monoisotopic (exact) mass is 396 g/mol. The topological polar surface area (TPSA) is 55.1 Å². The van der Waals surface area contributed by atoms with E-state index < -0.39 is 6.04 Å². The van der Waals surface area contributed by atoms with E-state index in [4.69, 9.17) is 17.3 Å². The average Bonchev–Trinajstić information content (AvgIpc) is 2.31. The van der Waals surface area contributed by atoms with Crippen molar-refractivity contribution in [3.8, 4) is 0 Å². The van der Waals surface area contributed by atoms with E-state index in [1.807, 2.05) is 13.8 Å². The van der Waals surface area contributed by atoms with Crippen molar-refractivity contribution < 1.29 is 4.79 Å². The average molecular weight is 399 g/mol. The molecule has 6 heteroatoms. The van der Waals surface area contributed by atoms with Crippen LogP contribution in [0.4, 0.5) is 5.69 Å². The van der Waals surface area contributed by atoms with Crippen LogP contribution < -0.4 is 11.1 Å². The molecule has 0 aliphatic carbocycles. The van der Waals surface area contributed by atoms with E-state index in [1.54, 1.807) is 12.1 Å². The van der Waals surface area contributed by atoms with E-state index in [0.29, 0.717) is 19.7 Å². The normalized spacial score (nSPS) is 14.1. The summed E-state index contributed by atoms with van der Waals surface area (Å²) in [6, 6.07) is 2.91. The van der Waals surface area contributed by atoms with Crippen LogP contribution in [-0.2, 0) is 4.79 Å². The number of rotatable bonds is 4.